The van der Waals surface area contributed by atoms with Gasteiger partial charge in [-0.2, -0.15) is 0 Å². The number of hydrogen-bond donors (Lipinski definition) is 2. The molecule has 134 valence electrons. The molecule has 24 heavy (non-hydrogen) atoms. The maximum Gasteiger partial charge on any atom is 0.0575 e. The number of benzene rings is 1. The fourth-order valence-electron chi connectivity index (χ4n) is 4.72. The van der Waals surface area contributed by atoms with E-state index in [4.69, 9.17) is 5.73 Å². The fraction of sp³-hybridized carbons (Fsp3) is 0.714. The Morgan fingerprint density at radius 1 is 1.04 bits per heavy atom. The van der Waals surface area contributed by atoms with Crippen LogP contribution < -0.4 is 11.1 Å². The number of nitrogens with one attached hydrogen (secondary N) is 1. The molecule has 1 aliphatic heterocycles. The summed E-state index contributed by atoms with van der Waals surface area (Å²) >= 11 is 0. The van der Waals surface area contributed by atoms with E-state index in [0.29, 0.717) is 6.04 Å². The van der Waals surface area contributed by atoms with Gasteiger partial charge >= 0.3 is 0 Å². The van der Waals surface area contributed by atoms with E-state index in [1.807, 2.05) is 12.1 Å². The number of likely N-dealkylation sites (tertiary alicyclic amines) is 1. The lowest BCUT2D eigenvalue weighted by atomic mass is 9.94. The molecule has 0 bridgehead atoms. The summed E-state index contributed by atoms with van der Waals surface area (Å²) in [4.78, 5) is 2.86. The molecule has 0 aromatic heterocycles. The van der Waals surface area contributed by atoms with Crippen molar-refractivity contribution in [2.45, 2.75) is 89.3 Å². The Hall–Kier alpha value is -1.22. The number of rotatable bonds is 5. The van der Waals surface area contributed by atoms with Crippen LogP contribution in [0.4, 0.5) is 11.4 Å². The molecule has 0 radical (unpaired) electrons. The highest BCUT2D eigenvalue weighted by atomic mass is 15.2. The zero-order valence-electron chi connectivity index (χ0n) is 15.3. The maximum atomic E-state index is 6.08. The second-order valence-corrected chi connectivity index (χ2v) is 7.90. The minimum Gasteiger partial charge on any atom is -0.397 e. The Kier molecular flexibility index (Phi) is 6.42. The molecule has 1 saturated carbocycles. The lowest BCUT2D eigenvalue weighted by Crippen LogP contribution is -2.41. The second kappa shape index (κ2) is 8.75. The molecule has 0 spiro atoms. The molecule has 1 saturated heterocycles. The van der Waals surface area contributed by atoms with Gasteiger partial charge in [0.25, 0.3) is 0 Å². The first-order valence-corrected chi connectivity index (χ1v) is 10.1. The first kappa shape index (κ1) is 17.6. The molecule has 3 rings (SSSR count). The van der Waals surface area contributed by atoms with Gasteiger partial charge in [-0.25, -0.2) is 0 Å². The summed E-state index contributed by atoms with van der Waals surface area (Å²) in [6.07, 6.45) is 14.0. The zero-order chi connectivity index (χ0) is 16.8. The van der Waals surface area contributed by atoms with Crippen LogP contribution in [0.1, 0.15) is 71.1 Å². The minimum atomic E-state index is 0.467. The Bertz CT molecular complexity index is 494. The van der Waals surface area contributed by atoms with E-state index in [9.17, 15) is 0 Å². The van der Waals surface area contributed by atoms with Crippen LogP contribution in [0.15, 0.2) is 24.3 Å². The van der Waals surface area contributed by atoms with E-state index in [-0.39, 0.29) is 0 Å². The third-order valence-corrected chi connectivity index (χ3v) is 5.95. The van der Waals surface area contributed by atoms with Crippen LogP contribution in [0.2, 0.25) is 0 Å². The number of nitrogens with zero attached hydrogens (tertiary/aromatic N) is 1. The van der Waals surface area contributed by atoms with Gasteiger partial charge in [0.1, 0.15) is 0 Å². The number of anilines is 2. The Balaban J connectivity index is 1.55. The maximum absolute atomic E-state index is 6.08. The molecule has 1 aliphatic carbocycles. The summed E-state index contributed by atoms with van der Waals surface area (Å²) < 4.78 is 0. The normalized spacial score (nSPS) is 25.1. The van der Waals surface area contributed by atoms with Gasteiger partial charge < -0.3 is 11.1 Å². The minimum absolute atomic E-state index is 0.467. The SMILES string of the molecule is C[C@@H](C[C@@H]1CCCN1C1CCCCCCC1)Nc1ccccc1N. The summed E-state index contributed by atoms with van der Waals surface area (Å²) in [5.74, 6) is 0. The van der Waals surface area contributed by atoms with Gasteiger partial charge in [0, 0.05) is 18.1 Å². The van der Waals surface area contributed by atoms with Crippen molar-refractivity contribution in [2.24, 2.45) is 0 Å². The monoisotopic (exact) mass is 329 g/mol. The molecule has 2 aliphatic rings. The van der Waals surface area contributed by atoms with E-state index in [0.717, 1.165) is 23.5 Å². The van der Waals surface area contributed by atoms with E-state index in [2.05, 4.69) is 29.3 Å². The third kappa shape index (κ3) is 4.66. The quantitative estimate of drug-likeness (QED) is 0.744. The fourth-order valence-corrected chi connectivity index (χ4v) is 4.72. The molecule has 1 aromatic carbocycles. The zero-order valence-corrected chi connectivity index (χ0v) is 15.3. The molecule has 1 aromatic rings. The topological polar surface area (TPSA) is 41.3 Å². The van der Waals surface area contributed by atoms with Gasteiger partial charge in [-0.15, -0.1) is 0 Å². The molecule has 0 amide bonds. The second-order valence-electron chi connectivity index (χ2n) is 7.90. The molecular formula is C21H35N3. The van der Waals surface area contributed by atoms with Crippen molar-refractivity contribution in [3.05, 3.63) is 24.3 Å². The van der Waals surface area contributed by atoms with Crippen LogP contribution in [-0.2, 0) is 0 Å². The Morgan fingerprint density at radius 2 is 1.75 bits per heavy atom. The van der Waals surface area contributed by atoms with Crippen molar-refractivity contribution >= 4 is 11.4 Å². The molecule has 2 atom stereocenters. The lowest BCUT2D eigenvalue weighted by molar-refractivity contribution is 0.143. The van der Waals surface area contributed by atoms with Crippen molar-refractivity contribution in [1.29, 1.82) is 0 Å². The number of hydrogen-bond acceptors (Lipinski definition) is 3. The summed E-state index contributed by atoms with van der Waals surface area (Å²) in [6, 6.07) is 10.2. The highest BCUT2D eigenvalue weighted by molar-refractivity contribution is 5.65. The van der Waals surface area contributed by atoms with E-state index in [1.165, 1.54) is 70.8 Å². The highest BCUT2D eigenvalue weighted by Gasteiger charge is 2.31. The predicted octanol–water partition coefficient (Wildman–Crippen LogP) is 5.04. The van der Waals surface area contributed by atoms with Crippen LogP contribution in [0.3, 0.4) is 0 Å². The molecule has 3 nitrogen and oxygen atoms in total. The van der Waals surface area contributed by atoms with Gasteiger partial charge in [0.2, 0.25) is 0 Å². The number of para-hydroxylation sites is 2. The van der Waals surface area contributed by atoms with Crippen molar-refractivity contribution in [3.8, 4) is 0 Å². The number of nitrogen functional groups attached to an aromatic ring is 1. The van der Waals surface area contributed by atoms with Crippen molar-refractivity contribution in [3.63, 3.8) is 0 Å². The highest BCUT2D eigenvalue weighted by Crippen LogP contribution is 2.30. The largest absolute Gasteiger partial charge is 0.397 e. The van der Waals surface area contributed by atoms with Crippen LogP contribution in [0, 0.1) is 0 Å². The van der Waals surface area contributed by atoms with Gasteiger partial charge in [-0.3, -0.25) is 4.90 Å². The molecule has 1 heterocycles. The molecule has 3 N–H and O–H groups in total. The van der Waals surface area contributed by atoms with E-state index >= 15 is 0 Å². The lowest BCUT2D eigenvalue weighted by Gasteiger charge is -2.35. The summed E-state index contributed by atoms with van der Waals surface area (Å²) in [7, 11) is 0. The van der Waals surface area contributed by atoms with E-state index in [1.54, 1.807) is 0 Å². The molecule has 0 unspecified atom stereocenters. The van der Waals surface area contributed by atoms with Crippen molar-refractivity contribution < 1.29 is 0 Å². The van der Waals surface area contributed by atoms with Crippen LogP contribution in [0.25, 0.3) is 0 Å². The first-order valence-electron chi connectivity index (χ1n) is 10.1. The van der Waals surface area contributed by atoms with Crippen LogP contribution >= 0.6 is 0 Å². The van der Waals surface area contributed by atoms with Gasteiger partial charge in [-0.05, 0) is 57.7 Å². The molecular weight excluding hydrogens is 294 g/mol. The average molecular weight is 330 g/mol. The Labute approximate surface area is 148 Å². The van der Waals surface area contributed by atoms with Crippen molar-refractivity contribution in [2.75, 3.05) is 17.6 Å². The molecule has 3 heteroatoms. The summed E-state index contributed by atoms with van der Waals surface area (Å²) in [6.45, 7) is 3.62. The predicted molar refractivity (Wildman–Crippen MR) is 104 cm³/mol. The van der Waals surface area contributed by atoms with E-state index < -0.39 is 0 Å². The van der Waals surface area contributed by atoms with Gasteiger partial charge in [0.05, 0.1) is 11.4 Å². The summed E-state index contributed by atoms with van der Waals surface area (Å²) in [5, 5.41) is 3.63. The Morgan fingerprint density at radius 3 is 2.50 bits per heavy atom. The number of nitrogens with two attached hydrogens (primary N) is 1. The smallest absolute Gasteiger partial charge is 0.0575 e. The van der Waals surface area contributed by atoms with Crippen LogP contribution in [-0.4, -0.2) is 29.6 Å². The third-order valence-electron chi connectivity index (χ3n) is 5.95. The standard InChI is InChI=1S/C21H35N3/c1-17(23-21-14-8-7-13-20(21)22)16-19-12-9-15-24(19)18-10-5-3-2-4-6-11-18/h7-8,13-14,17-19,23H,2-6,9-12,15-16,22H2,1H3/t17-,19-/m0/s1. The summed E-state index contributed by atoms with van der Waals surface area (Å²) in [5.41, 5.74) is 8.02. The van der Waals surface area contributed by atoms with Crippen LogP contribution in [0.5, 0.6) is 0 Å². The average Bonchev–Trinajstić information content (AvgIpc) is 2.97. The first-order chi connectivity index (χ1) is 11.7. The molecule has 2 fully saturated rings. The van der Waals surface area contributed by atoms with Gasteiger partial charge in [0.15, 0.2) is 0 Å². The van der Waals surface area contributed by atoms with Crippen molar-refractivity contribution in [1.82, 2.24) is 4.90 Å². The van der Waals surface area contributed by atoms with Gasteiger partial charge in [-0.1, -0.05) is 44.2 Å².